The van der Waals surface area contributed by atoms with Crippen LogP contribution in [-0.4, -0.2) is 37.2 Å². The van der Waals surface area contributed by atoms with Crippen LogP contribution in [0.3, 0.4) is 0 Å². The van der Waals surface area contributed by atoms with Crippen LogP contribution >= 0.6 is 0 Å². The highest BCUT2D eigenvalue weighted by atomic mass is 16.6. The third kappa shape index (κ3) is 47.4. The molecule has 0 aromatic heterocycles. The van der Waals surface area contributed by atoms with Gasteiger partial charge in [-0.3, -0.25) is 14.4 Å². The summed E-state index contributed by atoms with van der Waals surface area (Å²) in [5, 5.41) is 0. The number of carbonyl (C=O) groups excluding carboxylic acids is 3. The fourth-order valence-corrected chi connectivity index (χ4v) is 6.62. The van der Waals surface area contributed by atoms with E-state index in [0.29, 0.717) is 19.3 Å². The van der Waals surface area contributed by atoms with Crippen LogP contribution in [0.2, 0.25) is 0 Å². The maximum atomic E-state index is 12.8. The van der Waals surface area contributed by atoms with Crippen LogP contribution in [0.4, 0.5) is 0 Å². The van der Waals surface area contributed by atoms with Gasteiger partial charge in [-0.2, -0.15) is 0 Å². The molecule has 6 nitrogen and oxygen atoms in total. The Morgan fingerprint density at radius 1 is 0.339 bits per heavy atom. The number of carbonyl (C=O) groups is 3. The molecule has 6 heteroatoms. The highest BCUT2D eigenvalue weighted by Gasteiger charge is 2.19. The number of ether oxygens (including phenoxy) is 3. The SMILES string of the molecule is CC/C=C\C/C=C\C/C=C\C/C=C\C/C=C\CCC(=O)OCC(COC(=O)CCCCCCCCCCCCCC)OC(=O)CCCCCCCC/C=C\C/C=C\C/C=C\CC. The van der Waals surface area contributed by atoms with E-state index in [1.807, 2.05) is 12.2 Å². The van der Waals surface area contributed by atoms with Crippen molar-refractivity contribution in [2.45, 2.75) is 226 Å². The Bertz CT molecular complexity index is 1260. The molecule has 0 N–H and O–H groups in total. The Morgan fingerprint density at radius 3 is 1.08 bits per heavy atom. The van der Waals surface area contributed by atoms with Crippen LogP contribution < -0.4 is 0 Å². The molecular formula is C56H92O6. The standard InChI is InChI=1S/C56H92O6/c1-4-7-10-13-16-19-22-25-27-29-31-34-37-40-43-46-49-55(58)61-52-53(51-60-54(57)48-45-42-39-36-33-24-21-18-15-12-9-6-3)62-56(59)50-47-44-41-38-35-32-30-28-26-23-20-17-14-11-8-5-2/h7-8,10-11,16-17,19-20,25-28,31,34,40,43,53H,4-6,9,12-15,18,21-24,29-30,32-33,35-39,41-42,44-52H2,1-3H3/b10-7-,11-8-,19-16-,20-17-,27-25-,28-26-,34-31-,43-40-. The zero-order valence-electron chi connectivity index (χ0n) is 40.1. The number of unbranched alkanes of at least 4 members (excludes halogenated alkanes) is 17. The molecule has 0 spiro atoms. The molecule has 0 heterocycles. The average molecular weight is 861 g/mol. The third-order valence-electron chi connectivity index (χ3n) is 10.3. The van der Waals surface area contributed by atoms with Gasteiger partial charge in [0.15, 0.2) is 6.10 Å². The molecule has 0 aliphatic heterocycles. The van der Waals surface area contributed by atoms with E-state index in [0.717, 1.165) is 103 Å². The van der Waals surface area contributed by atoms with Gasteiger partial charge in [-0.05, 0) is 83.5 Å². The second kappa shape index (κ2) is 50.0. The number of allylic oxidation sites excluding steroid dienone is 16. The molecule has 0 aliphatic rings. The monoisotopic (exact) mass is 861 g/mol. The first-order valence-corrected chi connectivity index (χ1v) is 25.2. The Morgan fingerprint density at radius 2 is 0.661 bits per heavy atom. The summed E-state index contributed by atoms with van der Waals surface area (Å²) in [4.78, 5) is 37.9. The third-order valence-corrected chi connectivity index (χ3v) is 10.3. The van der Waals surface area contributed by atoms with Crippen molar-refractivity contribution in [3.8, 4) is 0 Å². The maximum Gasteiger partial charge on any atom is 0.306 e. The lowest BCUT2D eigenvalue weighted by atomic mass is 10.0. The summed E-state index contributed by atoms with van der Waals surface area (Å²) in [5.41, 5.74) is 0. The molecule has 1 atom stereocenters. The van der Waals surface area contributed by atoms with Gasteiger partial charge in [-0.25, -0.2) is 0 Å². The summed E-state index contributed by atoms with van der Waals surface area (Å²) in [6.45, 7) is 6.32. The molecule has 0 saturated carbocycles. The van der Waals surface area contributed by atoms with Gasteiger partial charge in [-0.15, -0.1) is 0 Å². The van der Waals surface area contributed by atoms with Crippen LogP contribution in [0, 0.1) is 0 Å². The lowest BCUT2D eigenvalue weighted by molar-refractivity contribution is -0.166. The second-order valence-corrected chi connectivity index (χ2v) is 16.3. The Kier molecular flexibility index (Phi) is 47.0. The minimum Gasteiger partial charge on any atom is -0.462 e. The van der Waals surface area contributed by atoms with Crippen molar-refractivity contribution in [3.63, 3.8) is 0 Å². The van der Waals surface area contributed by atoms with Crippen molar-refractivity contribution in [3.05, 3.63) is 97.2 Å². The van der Waals surface area contributed by atoms with Gasteiger partial charge >= 0.3 is 17.9 Å². The smallest absolute Gasteiger partial charge is 0.306 e. The molecule has 0 bridgehead atoms. The molecule has 352 valence electrons. The van der Waals surface area contributed by atoms with Gasteiger partial charge in [0.05, 0.1) is 0 Å². The van der Waals surface area contributed by atoms with E-state index in [2.05, 4.69) is 106 Å². The molecule has 1 unspecified atom stereocenters. The minimum atomic E-state index is -0.812. The normalized spacial score (nSPS) is 12.9. The summed E-state index contributed by atoms with van der Waals surface area (Å²) in [6.07, 6.45) is 65.4. The highest BCUT2D eigenvalue weighted by molar-refractivity contribution is 5.71. The Balaban J connectivity index is 4.52. The van der Waals surface area contributed by atoms with Crippen LogP contribution in [-0.2, 0) is 28.6 Å². The number of hydrogen-bond donors (Lipinski definition) is 0. The van der Waals surface area contributed by atoms with E-state index in [1.54, 1.807) is 0 Å². The molecule has 0 radical (unpaired) electrons. The quantitative estimate of drug-likeness (QED) is 0.0263. The molecule has 0 saturated heterocycles. The zero-order chi connectivity index (χ0) is 45.1. The van der Waals surface area contributed by atoms with Crippen molar-refractivity contribution in [2.24, 2.45) is 0 Å². The predicted molar refractivity (Wildman–Crippen MR) is 265 cm³/mol. The average Bonchev–Trinajstić information content (AvgIpc) is 3.27. The first-order valence-electron chi connectivity index (χ1n) is 25.2. The fourth-order valence-electron chi connectivity index (χ4n) is 6.62. The van der Waals surface area contributed by atoms with Crippen molar-refractivity contribution >= 4 is 17.9 Å². The fraction of sp³-hybridized carbons (Fsp3) is 0.661. The van der Waals surface area contributed by atoms with Gasteiger partial charge in [0.25, 0.3) is 0 Å². The predicted octanol–water partition coefficient (Wildman–Crippen LogP) is 16.6. The minimum absolute atomic E-state index is 0.105. The van der Waals surface area contributed by atoms with Crippen LogP contribution in [0.25, 0.3) is 0 Å². The van der Waals surface area contributed by atoms with Gasteiger partial charge in [0.1, 0.15) is 13.2 Å². The molecule has 0 aliphatic carbocycles. The van der Waals surface area contributed by atoms with Gasteiger partial charge in [-0.1, -0.05) is 214 Å². The first-order chi connectivity index (χ1) is 30.5. The van der Waals surface area contributed by atoms with E-state index >= 15 is 0 Å². The summed E-state index contributed by atoms with van der Waals surface area (Å²) >= 11 is 0. The molecule has 0 fully saturated rings. The lowest BCUT2D eigenvalue weighted by Crippen LogP contribution is -2.30. The summed E-state index contributed by atoms with van der Waals surface area (Å²) in [5.74, 6) is -1.01. The highest BCUT2D eigenvalue weighted by Crippen LogP contribution is 2.14. The van der Waals surface area contributed by atoms with Crippen LogP contribution in [0.5, 0.6) is 0 Å². The van der Waals surface area contributed by atoms with Crippen molar-refractivity contribution in [2.75, 3.05) is 13.2 Å². The molecule has 0 rings (SSSR count). The van der Waals surface area contributed by atoms with Crippen molar-refractivity contribution in [1.29, 1.82) is 0 Å². The van der Waals surface area contributed by atoms with Gasteiger partial charge in [0, 0.05) is 19.3 Å². The Labute approximate surface area is 381 Å². The van der Waals surface area contributed by atoms with Crippen LogP contribution in [0.1, 0.15) is 220 Å². The van der Waals surface area contributed by atoms with Crippen LogP contribution in [0.15, 0.2) is 97.2 Å². The van der Waals surface area contributed by atoms with E-state index in [1.165, 1.54) is 70.6 Å². The van der Waals surface area contributed by atoms with Gasteiger partial charge < -0.3 is 14.2 Å². The zero-order valence-corrected chi connectivity index (χ0v) is 40.1. The topological polar surface area (TPSA) is 78.9 Å². The largest absolute Gasteiger partial charge is 0.462 e. The first kappa shape index (κ1) is 58.3. The summed E-state index contributed by atoms with van der Waals surface area (Å²) < 4.78 is 16.7. The lowest BCUT2D eigenvalue weighted by Gasteiger charge is -2.18. The number of hydrogen-bond acceptors (Lipinski definition) is 6. The molecule has 62 heavy (non-hydrogen) atoms. The molecule has 0 amide bonds. The van der Waals surface area contributed by atoms with E-state index in [-0.39, 0.29) is 37.5 Å². The van der Waals surface area contributed by atoms with E-state index in [4.69, 9.17) is 14.2 Å². The molecule has 0 aromatic rings. The van der Waals surface area contributed by atoms with E-state index in [9.17, 15) is 14.4 Å². The van der Waals surface area contributed by atoms with Gasteiger partial charge in [0.2, 0.25) is 0 Å². The second-order valence-electron chi connectivity index (χ2n) is 16.3. The van der Waals surface area contributed by atoms with Crippen molar-refractivity contribution < 1.29 is 28.6 Å². The van der Waals surface area contributed by atoms with Crippen molar-refractivity contribution in [1.82, 2.24) is 0 Å². The number of rotatable bonds is 44. The van der Waals surface area contributed by atoms with E-state index < -0.39 is 6.10 Å². The summed E-state index contributed by atoms with van der Waals surface area (Å²) in [6, 6.07) is 0. The summed E-state index contributed by atoms with van der Waals surface area (Å²) in [7, 11) is 0. The Hall–Kier alpha value is -3.67. The number of esters is 3. The molecular weight excluding hydrogens is 769 g/mol. The molecule has 0 aromatic carbocycles. The maximum absolute atomic E-state index is 12.8.